The molecule has 1 amide bonds. The number of rotatable bonds is 4. The van der Waals surface area contributed by atoms with Gasteiger partial charge in [0.1, 0.15) is 0 Å². The molecule has 0 aromatic heterocycles. The van der Waals surface area contributed by atoms with Gasteiger partial charge in [0.25, 0.3) is 0 Å². The second kappa shape index (κ2) is 7.52. The van der Waals surface area contributed by atoms with E-state index < -0.39 is 19.9 Å². The normalized spacial score (nSPS) is 24.0. The summed E-state index contributed by atoms with van der Waals surface area (Å²) in [5.41, 5.74) is 0.996. The van der Waals surface area contributed by atoms with Gasteiger partial charge in [-0.2, -0.15) is 4.31 Å². The molecule has 7 nitrogen and oxygen atoms in total. The van der Waals surface area contributed by atoms with Gasteiger partial charge in [0.15, 0.2) is 9.84 Å². The van der Waals surface area contributed by atoms with Crippen LogP contribution >= 0.6 is 0 Å². The molecule has 0 spiro atoms. The van der Waals surface area contributed by atoms with E-state index in [1.165, 1.54) is 4.31 Å². The number of carbonyl (C=O) groups excluding carboxylic acids is 1. The standard InChI is InChI=1S/C18H26N2O5S2/c1-14-3-5-17(6-4-14)27(24,25)20-10-7-15(8-11-20)18(21)19(2)16-9-12-26(22,23)13-16/h3-6,15-16H,7-13H2,1-2H3/t16-/m0/s1. The van der Waals surface area contributed by atoms with Crippen LogP contribution in [0.4, 0.5) is 0 Å². The second-order valence-electron chi connectivity index (χ2n) is 7.50. The molecule has 0 radical (unpaired) electrons. The minimum Gasteiger partial charge on any atom is -0.341 e. The monoisotopic (exact) mass is 414 g/mol. The maximum absolute atomic E-state index is 12.8. The molecule has 2 aliphatic rings. The molecule has 27 heavy (non-hydrogen) atoms. The van der Waals surface area contributed by atoms with E-state index in [9.17, 15) is 21.6 Å². The Balaban J connectivity index is 1.61. The molecule has 3 rings (SSSR count). The zero-order valence-electron chi connectivity index (χ0n) is 15.7. The lowest BCUT2D eigenvalue weighted by molar-refractivity contribution is -0.137. The van der Waals surface area contributed by atoms with Crippen molar-refractivity contribution in [2.45, 2.75) is 37.1 Å². The van der Waals surface area contributed by atoms with Crippen molar-refractivity contribution in [2.75, 3.05) is 31.6 Å². The fourth-order valence-corrected chi connectivity index (χ4v) is 7.00. The average molecular weight is 415 g/mol. The third-order valence-electron chi connectivity index (χ3n) is 5.57. The van der Waals surface area contributed by atoms with Crippen LogP contribution in [-0.4, -0.2) is 69.6 Å². The number of amides is 1. The second-order valence-corrected chi connectivity index (χ2v) is 11.7. The predicted molar refractivity (Wildman–Crippen MR) is 102 cm³/mol. The first kappa shape index (κ1) is 20.3. The highest BCUT2D eigenvalue weighted by Crippen LogP contribution is 2.27. The van der Waals surface area contributed by atoms with Crippen molar-refractivity contribution in [1.29, 1.82) is 0 Å². The summed E-state index contributed by atoms with van der Waals surface area (Å²) >= 11 is 0. The molecule has 2 aliphatic heterocycles. The van der Waals surface area contributed by atoms with Gasteiger partial charge in [-0.3, -0.25) is 4.79 Å². The number of aryl methyl sites for hydroxylation is 1. The van der Waals surface area contributed by atoms with E-state index in [0.717, 1.165) is 5.56 Å². The van der Waals surface area contributed by atoms with Crippen LogP contribution in [0, 0.1) is 12.8 Å². The number of sulfone groups is 1. The highest BCUT2D eigenvalue weighted by molar-refractivity contribution is 7.91. The molecule has 0 unspecified atom stereocenters. The summed E-state index contributed by atoms with van der Waals surface area (Å²) in [7, 11) is -4.94. The number of carbonyl (C=O) groups is 1. The smallest absolute Gasteiger partial charge is 0.243 e. The first-order chi connectivity index (χ1) is 12.6. The molecule has 0 N–H and O–H groups in total. The van der Waals surface area contributed by atoms with Gasteiger partial charge in [0.05, 0.1) is 16.4 Å². The van der Waals surface area contributed by atoms with Crippen molar-refractivity contribution in [3.8, 4) is 0 Å². The van der Waals surface area contributed by atoms with Gasteiger partial charge >= 0.3 is 0 Å². The van der Waals surface area contributed by atoms with Crippen LogP contribution in [0.5, 0.6) is 0 Å². The van der Waals surface area contributed by atoms with Crippen LogP contribution < -0.4 is 0 Å². The van der Waals surface area contributed by atoms with E-state index in [1.54, 1.807) is 36.2 Å². The zero-order valence-corrected chi connectivity index (χ0v) is 17.3. The van der Waals surface area contributed by atoms with Gasteiger partial charge in [-0.1, -0.05) is 17.7 Å². The van der Waals surface area contributed by atoms with Gasteiger partial charge in [-0.25, -0.2) is 16.8 Å². The maximum atomic E-state index is 12.8. The maximum Gasteiger partial charge on any atom is 0.243 e. The van der Waals surface area contributed by atoms with Crippen molar-refractivity contribution in [2.24, 2.45) is 5.92 Å². The molecular weight excluding hydrogens is 388 g/mol. The molecule has 9 heteroatoms. The minimum atomic E-state index is -3.55. The molecule has 0 aliphatic carbocycles. The van der Waals surface area contributed by atoms with Crippen LogP contribution in [0.25, 0.3) is 0 Å². The number of benzene rings is 1. The quantitative estimate of drug-likeness (QED) is 0.734. The Bertz CT molecular complexity index is 902. The molecule has 1 aromatic carbocycles. The van der Waals surface area contributed by atoms with Gasteiger partial charge in [-0.15, -0.1) is 0 Å². The van der Waals surface area contributed by atoms with Crippen LogP contribution in [0.1, 0.15) is 24.8 Å². The molecule has 150 valence electrons. The van der Waals surface area contributed by atoms with Crippen molar-refractivity contribution < 1.29 is 21.6 Å². The molecule has 1 atom stereocenters. The Kier molecular flexibility index (Phi) is 5.65. The third-order valence-corrected chi connectivity index (χ3v) is 9.23. The highest BCUT2D eigenvalue weighted by Gasteiger charge is 2.37. The molecule has 0 bridgehead atoms. The summed E-state index contributed by atoms with van der Waals surface area (Å²) in [6.45, 7) is 2.49. The van der Waals surface area contributed by atoms with E-state index >= 15 is 0 Å². The zero-order chi connectivity index (χ0) is 19.8. The molecule has 0 saturated carbocycles. The van der Waals surface area contributed by atoms with Gasteiger partial charge < -0.3 is 4.90 Å². The minimum absolute atomic E-state index is 0.0237. The number of nitrogens with zero attached hydrogens (tertiary/aromatic N) is 2. The van der Waals surface area contributed by atoms with Crippen LogP contribution in [0.15, 0.2) is 29.2 Å². The van der Waals surface area contributed by atoms with E-state index in [-0.39, 0.29) is 34.3 Å². The van der Waals surface area contributed by atoms with E-state index in [4.69, 9.17) is 0 Å². The van der Waals surface area contributed by atoms with E-state index in [1.807, 2.05) is 6.92 Å². The Morgan fingerprint density at radius 2 is 1.70 bits per heavy atom. The first-order valence-electron chi connectivity index (χ1n) is 9.14. The van der Waals surface area contributed by atoms with E-state index in [0.29, 0.717) is 32.4 Å². The molecule has 1 aromatic rings. The fourth-order valence-electron chi connectivity index (χ4n) is 3.75. The molecule has 2 heterocycles. The summed E-state index contributed by atoms with van der Waals surface area (Å²) in [6.07, 6.45) is 1.38. The Morgan fingerprint density at radius 3 is 2.22 bits per heavy atom. The van der Waals surface area contributed by atoms with Crippen molar-refractivity contribution in [3.63, 3.8) is 0 Å². The Labute approximate surface area is 161 Å². The Morgan fingerprint density at radius 1 is 1.11 bits per heavy atom. The van der Waals surface area contributed by atoms with Crippen LogP contribution in [0.3, 0.4) is 0 Å². The molecule has 2 saturated heterocycles. The SMILES string of the molecule is Cc1ccc(S(=O)(=O)N2CCC(C(=O)N(C)[C@H]3CCS(=O)(=O)C3)CC2)cc1. The number of sulfonamides is 1. The summed E-state index contributed by atoms with van der Waals surface area (Å²) in [6, 6.07) is 6.49. The fraction of sp³-hybridized carbons (Fsp3) is 0.611. The highest BCUT2D eigenvalue weighted by atomic mass is 32.2. The number of hydrogen-bond donors (Lipinski definition) is 0. The molecular formula is C18H26N2O5S2. The van der Waals surface area contributed by atoms with Crippen molar-refractivity contribution in [3.05, 3.63) is 29.8 Å². The lowest BCUT2D eigenvalue weighted by Crippen LogP contribution is -2.46. The Hall–Kier alpha value is -1.45. The van der Waals surface area contributed by atoms with Crippen LogP contribution in [0.2, 0.25) is 0 Å². The summed E-state index contributed by atoms with van der Waals surface area (Å²) in [5, 5.41) is 0. The largest absolute Gasteiger partial charge is 0.341 e. The van der Waals surface area contributed by atoms with Crippen LogP contribution in [-0.2, 0) is 24.7 Å². The lowest BCUT2D eigenvalue weighted by atomic mass is 9.96. The third kappa shape index (κ3) is 4.35. The average Bonchev–Trinajstić information content (AvgIpc) is 3.01. The van der Waals surface area contributed by atoms with E-state index in [2.05, 4.69) is 0 Å². The summed E-state index contributed by atoms with van der Waals surface area (Å²) in [5.74, 6) is -0.189. The molecule has 2 fully saturated rings. The topological polar surface area (TPSA) is 91.8 Å². The number of hydrogen-bond acceptors (Lipinski definition) is 5. The van der Waals surface area contributed by atoms with Gasteiger partial charge in [-0.05, 0) is 38.3 Å². The van der Waals surface area contributed by atoms with Crippen molar-refractivity contribution >= 4 is 25.8 Å². The van der Waals surface area contributed by atoms with Crippen molar-refractivity contribution in [1.82, 2.24) is 9.21 Å². The van der Waals surface area contributed by atoms with Gasteiger partial charge in [0.2, 0.25) is 15.9 Å². The summed E-state index contributed by atoms with van der Waals surface area (Å²) in [4.78, 5) is 14.5. The number of piperidine rings is 1. The first-order valence-corrected chi connectivity index (χ1v) is 12.4. The predicted octanol–water partition coefficient (Wildman–Crippen LogP) is 1.04. The van der Waals surface area contributed by atoms with Gasteiger partial charge in [0, 0.05) is 32.1 Å². The lowest BCUT2D eigenvalue weighted by Gasteiger charge is -2.34. The summed E-state index contributed by atoms with van der Waals surface area (Å²) < 4.78 is 50.2.